The lowest BCUT2D eigenvalue weighted by molar-refractivity contribution is -0.384. The van der Waals surface area contributed by atoms with Gasteiger partial charge in [0.1, 0.15) is 15.3 Å². The van der Waals surface area contributed by atoms with Gasteiger partial charge in [0.2, 0.25) is 11.8 Å². The molecule has 1 heterocycles. The highest BCUT2D eigenvalue weighted by molar-refractivity contribution is 9.12. The van der Waals surface area contributed by atoms with E-state index in [9.17, 15) is 19.7 Å². The predicted molar refractivity (Wildman–Crippen MR) is 71.0 cm³/mol. The molecule has 1 aromatic carbocycles. The summed E-state index contributed by atoms with van der Waals surface area (Å²) in [4.78, 5) is 33.5. The van der Waals surface area contributed by atoms with Crippen molar-refractivity contribution in [3.63, 3.8) is 0 Å². The van der Waals surface area contributed by atoms with Crippen molar-refractivity contribution >= 4 is 55.0 Å². The second-order valence-electron chi connectivity index (χ2n) is 3.56. The van der Waals surface area contributed by atoms with E-state index < -0.39 is 26.4 Å². The van der Waals surface area contributed by atoms with E-state index in [1.54, 1.807) is 0 Å². The minimum absolute atomic E-state index is 0.0103. The third-order valence-corrected chi connectivity index (χ3v) is 5.04. The monoisotopic (exact) mass is 376 g/mol. The van der Waals surface area contributed by atoms with E-state index in [-0.39, 0.29) is 11.4 Å². The Hall–Kier alpha value is -1.28. The van der Waals surface area contributed by atoms with Gasteiger partial charge in [-0.2, -0.15) is 0 Å². The maximum absolute atomic E-state index is 11.9. The zero-order valence-electron chi connectivity index (χ0n) is 8.75. The van der Waals surface area contributed by atoms with Gasteiger partial charge in [-0.1, -0.05) is 44.0 Å². The fraction of sp³-hybridized carbons (Fsp3) is 0.200. The first-order chi connectivity index (χ1) is 8.45. The fourth-order valence-electron chi connectivity index (χ4n) is 1.65. The summed E-state index contributed by atoms with van der Waals surface area (Å²) in [6, 6.07) is 5.64. The molecule has 1 fully saturated rings. The van der Waals surface area contributed by atoms with Crippen LogP contribution in [0.4, 0.5) is 11.4 Å². The van der Waals surface area contributed by atoms with Crippen LogP contribution in [0.15, 0.2) is 24.3 Å². The number of nitrogens with zero attached hydrogens (tertiary/aromatic N) is 2. The van der Waals surface area contributed by atoms with Gasteiger partial charge in [-0.05, 0) is 6.07 Å². The van der Waals surface area contributed by atoms with Crippen molar-refractivity contribution in [1.82, 2.24) is 0 Å². The summed E-state index contributed by atoms with van der Waals surface area (Å²) in [5, 5.41) is 10.9. The van der Waals surface area contributed by atoms with Gasteiger partial charge in [-0.15, -0.1) is 0 Å². The van der Waals surface area contributed by atoms with Crippen LogP contribution >= 0.6 is 31.9 Å². The number of hydrogen-bond acceptors (Lipinski definition) is 4. The lowest BCUT2D eigenvalue weighted by Crippen LogP contribution is -2.31. The van der Waals surface area contributed by atoms with Crippen LogP contribution in [-0.4, -0.2) is 26.4 Å². The van der Waals surface area contributed by atoms with Crippen LogP contribution in [0.3, 0.4) is 0 Å². The van der Waals surface area contributed by atoms with Crippen LogP contribution in [0.2, 0.25) is 0 Å². The van der Waals surface area contributed by atoms with E-state index >= 15 is 0 Å². The normalized spacial score (nSPS) is 23.6. The van der Waals surface area contributed by atoms with Crippen molar-refractivity contribution in [1.29, 1.82) is 0 Å². The molecule has 0 bridgehead atoms. The molecule has 8 heteroatoms. The summed E-state index contributed by atoms with van der Waals surface area (Å²) >= 11 is 6.16. The van der Waals surface area contributed by atoms with Crippen LogP contribution in [-0.2, 0) is 9.59 Å². The molecular weight excluding hydrogens is 372 g/mol. The Morgan fingerprint density at radius 3 is 2.11 bits per heavy atom. The number of nitro groups is 1. The first kappa shape index (κ1) is 13.2. The van der Waals surface area contributed by atoms with E-state index in [1.807, 2.05) is 0 Å². The molecule has 94 valence electrons. The standard InChI is InChI=1S/C10H6Br2N2O4/c11-7-8(12)10(16)13(9(7)15)5-3-1-2-4-6(5)14(17)18/h1-4,7-8H. The van der Waals surface area contributed by atoms with E-state index in [0.717, 1.165) is 4.90 Å². The van der Waals surface area contributed by atoms with Gasteiger partial charge in [0, 0.05) is 6.07 Å². The van der Waals surface area contributed by atoms with Crippen LogP contribution in [0, 0.1) is 10.1 Å². The smallest absolute Gasteiger partial charge is 0.273 e. The molecule has 2 rings (SSSR count). The summed E-state index contributed by atoms with van der Waals surface area (Å²) in [5.74, 6) is -1.03. The van der Waals surface area contributed by atoms with Gasteiger partial charge in [0.05, 0.1) is 4.92 Å². The van der Waals surface area contributed by atoms with Crippen molar-refractivity contribution in [3.05, 3.63) is 34.4 Å². The van der Waals surface area contributed by atoms with Gasteiger partial charge < -0.3 is 0 Å². The lowest BCUT2D eigenvalue weighted by atomic mass is 10.2. The number of amides is 2. The molecule has 0 spiro atoms. The summed E-state index contributed by atoms with van der Waals surface area (Å²) in [5.41, 5.74) is -0.288. The molecule has 0 aliphatic carbocycles. The molecule has 1 aromatic rings. The van der Waals surface area contributed by atoms with Crippen molar-refractivity contribution < 1.29 is 14.5 Å². The topological polar surface area (TPSA) is 80.5 Å². The van der Waals surface area contributed by atoms with Crippen molar-refractivity contribution in [2.75, 3.05) is 4.90 Å². The number of imide groups is 1. The van der Waals surface area contributed by atoms with E-state index in [1.165, 1.54) is 24.3 Å². The average molecular weight is 378 g/mol. The number of rotatable bonds is 2. The zero-order valence-corrected chi connectivity index (χ0v) is 11.9. The molecule has 0 radical (unpaired) electrons. The molecule has 0 aromatic heterocycles. The van der Waals surface area contributed by atoms with Gasteiger partial charge in [0.15, 0.2) is 0 Å². The Labute approximate surface area is 118 Å². The number of carbonyl (C=O) groups is 2. The number of alkyl halides is 2. The molecule has 2 unspecified atom stereocenters. The van der Waals surface area contributed by atoms with Crippen LogP contribution < -0.4 is 4.90 Å². The van der Waals surface area contributed by atoms with Crippen molar-refractivity contribution in [2.45, 2.75) is 9.65 Å². The van der Waals surface area contributed by atoms with E-state index in [2.05, 4.69) is 31.9 Å². The summed E-state index contributed by atoms with van der Waals surface area (Å²) in [6.07, 6.45) is 0. The zero-order chi connectivity index (χ0) is 13.4. The molecule has 1 aliphatic rings. The largest absolute Gasteiger partial charge is 0.293 e. The quantitative estimate of drug-likeness (QED) is 0.341. The summed E-state index contributed by atoms with van der Waals surface area (Å²) < 4.78 is 0. The Balaban J connectivity index is 2.53. The molecule has 0 saturated carbocycles. The van der Waals surface area contributed by atoms with Crippen LogP contribution in [0.25, 0.3) is 0 Å². The molecule has 1 aliphatic heterocycles. The van der Waals surface area contributed by atoms with Crippen LogP contribution in [0.1, 0.15) is 0 Å². The number of para-hydroxylation sites is 2. The van der Waals surface area contributed by atoms with Crippen molar-refractivity contribution in [2.24, 2.45) is 0 Å². The molecule has 6 nitrogen and oxygen atoms in total. The second-order valence-corrected chi connectivity index (χ2v) is 5.53. The maximum atomic E-state index is 11.9. The number of hydrogen-bond donors (Lipinski definition) is 0. The van der Waals surface area contributed by atoms with Gasteiger partial charge in [0.25, 0.3) is 5.69 Å². The van der Waals surface area contributed by atoms with Gasteiger partial charge >= 0.3 is 0 Å². The summed E-state index contributed by atoms with van der Waals surface area (Å²) in [7, 11) is 0. The first-order valence-electron chi connectivity index (χ1n) is 4.84. The minimum atomic E-state index is -0.718. The van der Waals surface area contributed by atoms with Crippen molar-refractivity contribution in [3.8, 4) is 0 Å². The summed E-state index contributed by atoms with van der Waals surface area (Å²) in [6.45, 7) is 0. The SMILES string of the molecule is O=C1C(Br)C(Br)C(=O)N1c1ccccc1[N+](=O)[O-]. The molecule has 18 heavy (non-hydrogen) atoms. The van der Waals surface area contributed by atoms with Gasteiger partial charge in [-0.25, -0.2) is 4.90 Å². The maximum Gasteiger partial charge on any atom is 0.293 e. The lowest BCUT2D eigenvalue weighted by Gasteiger charge is -2.13. The Morgan fingerprint density at radius 1 is 1.11 bits per heavy atom. The highest BCUT2D eigenvalue weighted by Crippen LogP contribution is 2.35. The third-order valence-electron chi connectivity index (χ3n) is 2.49. The van der Waals surface area contributed by atoms with Gasteiger partial charge in [-0.3, -0.25) is 19.7 Å². The number of benzene rings is 1. The van der Waals surface area contributed by atoms with E-state index in [0.29, 0.717) is 0 Å². The Kier molecular flexibility index (Phi) is 3.49. The van der Waals surface area contributed by atoms with Crippen LogP contribution in [0.5, 0.6) is 0 Å². The number of carbonyl (C=O) groups excluding carboxylic acids is 2. The Bertz CT molecular complexity index is 528. The highest BCUT2D eigenvalue weighted by Gasteiger charge is 2.47. The molecule has 0 N–H and O–H groups in total. The average Bonchev–Trinajstić information content (AvgIpc) is 2.54. The molecule has 2 amide bonds. The fourth-order valence-corrected chi connectivity index (χ4v) is 2.51. The second kappa shape index (κ2) is 4.77. The predicted octanol–water partition coefficient (Wildman–Crippen LogP) is 2.00. The van der Waals surface area contributed by atoms with E-state index in [4.69, 9.17) is 0 Å². The number of halogens is 2. The first-order valence-corrected chi connectivity index (χ1v) is 6.67. The number of nitro benzene ring substituents is 1. The third kappa shape index (κ3) is 1.95. The molecule has 1 saturated heterocycles. The minimum Gasteiger partial charge on any atom is -0.273 e. The Morgan fingerprint density at radius 2 is 1.61 bits per heavy atom. The number of anilines is 1. The molecular formula is C10H6Br2N2O4. The molecule has 2 atom stereocenters. The highest BCUT2D eigenvalue weighted by atomic mass is 79.9.